The molecule has 0 aromatic heterocycles. The van der Waals surface area contributed by atoms with Crippen LogP contribution in [0.15, 0.2) is 40.5 Å². The van der Waals surface area contributed by atoms with Crippen LogP contribution in [0, 0.1) is 6.42 Å². The first-order chi connectivity index (χ1) is 6.77. The Labute approximate surface area is 116 Å². The van der Waals surface area contributed by atoms with E-state index in [4.69, 9.17) is 0 Å². The summed E-state index contributed by atoms with van der Waals surface area (Å²) in [5, 5.41) is 8.18. The number of rotatable bonds is 1. The number of hydrogen-bond acceptors (Lipinski definition) is 2. The van der Waals surface area contributed by atoms with Gasteiger partial charge in [-0.15, -0.1) is 0 Å². The molecule has 1 aliphatic rings. The molecule has 1 aromatic rings. The largest absolute Gasteiger partial charge is 0.332 e. The predicted octanol–water partition coefficient (Wildman–Crippen LogP) is 2.82. The Morgan fingerprint density at radius 2 is 1.73 bits per heavy atom. The Bertz CT molecular complexity index is 382. The standard InChI is InChI=1S/C12H13N2.Y/c1-9-8-12(10(2)14-13-9)11-6-4-3-5-7-11;/h3-8,12H,1-2H3;/q-1;. The Morgan fingerprint density at radius 3 is 2.40 bits per heavy atom. The quantitative estimate of drug-likeness (QED) is 0.703. The first-order valence-electron chi connectivity index (χ1n) is 4.76. The molecule has 1 atom stereocenters. The van der Waals surface area contributed by atoms with Crippen LogP contribution in [0.1, 0.15) is 25.3 Å². The van der Waals surface area contributed by atoms with Gasteiger partial charge in [-0.25, -0.2) is 0 Å². The second-order valence-corrected chi connectivity index (χ2v) is 3.54. The van der Waals surface area contributed by atoms with Gasteiger partial charge in [0.1, 0.15) is 0 Å². The van der Waals surface area contributed by atoms with Crippen molar-refractivity contribution in [3.63, 3.8) is 0 Å². The van der Waals surface area contributed by atoms with Gasteiger partial charge in [-0.05, 0) is 6.92 Å². The SMILES string of the molecule is CC1=NN=C(C)C(c2ccccc2)[CH-]1.[Y]. The van der Waals surface area contributed by atoms with E-state index in [1.807, 2.05) is 19.9 Å². The van der Waals surface area contributed by atoms with Crippen molar-refractivity contribution in [3.8, 4) is 0 Å². The third-order valence-electron chi connectivity index (χ3n) is 2.38. The van der Waals surface area contributed by atoms with Crippen LogP contribution in [0.3, 0.4) is 0 Å². The Morgan fingerprint density at radius 1 is 1.07 bits per heavy atom. The maximum absolute atomic E-state index is 4.14. The molecule has 0 saturated carbocycles. The molecule has 0 N–H and O–H groups in total. The van der Waals surface area contributed by atoms with E-state index in [0.717, 1.165) is 11.4 Å². The van der Waals surface area contributed by atoms with Gasteiger partial charge in [0.15, 0.2) is 0 Å². The molecule has 15 heavy (non-hydrogen) atoms. The van der Waals surface area contributed by atoms with Crippen LogP contribution in [0.4, 0.5) is 0 Å². The smallest absolute Gasteiger partial charge is 0.0176 e. The van der Waals surface area contributed by atoms with Gasteiger partial charge in [0, 0.05) is 38.4 Å². The van der Waals surface area contributed by atoms with Gasteiger partial charge in [0.25, 0.3) is 0 Å². The molecule has 2 nitrogen and oxygen atoms in total. The van der Waals surface area contributed by atoms with Crippen molar-refractivity contribution < 1.29 is 32.7 Å². The fourth-order valence-corrected chi connectivity index (χ4v) is 1.61. The second kappa shape index (κ2) is 5.57. The Kier molecular flexibility index (Phi) is 4.68. The monoisotopic (exact) mass is 274 g/mol. The summed E-state index contributed by atoms with van der Waals surface area (Å²) >= 11 is 0. The minimum absolute atomic E-state index is 0. The molecular weight excluding hydrogens is 261 g/mol. The zero-order chi connectivity index (χ0) is 9.97. The summed E-state index contributed by atoms with van der Waals surface area (Å²) in [7, 11) is 0. The third kappa shape index (κ3) is 2.99. The number of benzene rings is 1. The fourth-order valence-electron chi connectivity index (χ4n) is 1.61. The summed E-state index contributed by atoms with van der Waals surface area (Å²) in [6.07, 6.45) is 2.15. The molecule has 1 aliphatic heterocycles. The molecule has 75 valence electrons. The van der Waals surface area contributed by atoms with Crippen molar-refractivity contribution in [2.75, 3.05) is 0 Å². The zero-order valence-corrected chi connectivity index (χ0v) is 11.9. The van der Waals surface area contributed by atoms with Gasteiger partial charge in [0.2, 0.25) is 0 Å². The molecule has 1 aromatic carbocycles. The fraction of sp³-hybridized carbons (Fsp3) is 0.250. The van der Waals surface area contributed by atoms with Crippen molar-refractivity contribution in [1.82, 2.24) is 0 Å². The summed E-state index contributed by atoms with van der Waals surface area (Å²) in [5.74, 6) is 0.300. The summed E-state index contributed by atoms with van der Waals surface area (Å²) < 4.78 is 0. The molecule has 1 unspecified atom stereocenters. The van der Waals surface area contributed by atoms with Crippen molar-refractivity contribution in [1.29, 1.82) is 0 Å². The summed E-state index contributed by atoms with van der Waals surface area (Å²) in [4.78, 5) is 0. The molecule has 1 heterocycles. The van der Waals surface area contributed by atoms with Gasteiger partial charge < -0.3 is 6.42 Å². The van der Waals surface area contributed by atoms with Crippen LogP contribution in [-0.2, 0) is 32.7 Å². The van der Waals surface area contributed by atoms with Crippen LogP contribution >= 0.6 is 0 Å². The molecule has 0 bridgehead atoms. The van der Waals surface area contributed by atoms with Crippen LogP contribution in [0.2, 0.25) is 0 Å². The molecule has 1 radical (unpaired) electrons. The zero-order valence-electron chi connectivity index (χ0n) is 9.01. The molecule has 0 amide bonds. The molecule has 0 spiro atoms. The maximum atomic E-state index is 4.14. The van der Waals surface area contributed by atoms with Crippen molar-refractivity contribution in [3.05, 3.63) is 42.3 Å². The molecule has 3 heteroatoms. The van der Waals surface area contributed by atoms with E-state index < -0.39 is 0 Å². The van der Waals surface area contributed by atoms with Crippen molar-refractivity contribution >= 4 is 11.4 Å². The normalized spacial score (nSPS) is 19.5. The minimum atomic E-state index is 0. The first kappa shape index (κ1) is 12.6. The maximum Gasteiger partial charge on any atom is 0.0176 e. The van der Waals surface area contributed by atoms with Gasteiger partial charge in [0.05, 0.1) is 0 Å². The molecular formula is C12H13N2Y-. The first-order valence-corrected chi connectivity index (χ1v) is 4.76. The van der Waals surface area contributed by atoms with Gasteiger partial charge in [-0.3, -0.25) is 0 Å². The summed E-state index contributed by atoms with van der Waals surface area (Å²) in [6, 6.07) is 10.4. The van der Waals surface area contributed by atoms with Crippen LogP contribution in [-0.4, -0.2) is 11.4 Å². The van der Waals surface area contributed by atoms with E-state index in [2.05, 4.69) is 40.9 Å². The molecule has 0 fully saturated rings. The van der Waals surface area contributed by atoms with Crippen LogP contribution in [0.5, 0.6) is 0 Å². The molecule has 2 rings (SSSR count). The van der Waals surface area contributed by atoms with E-state index in [-0.39, 0.29) is 32.7 Å². The summed E-state index contributed by atoms with van der Waals surface area (Å²) in [6.45, 7) is 4.00. The topological polar surface area (TPSA) is 24.7 Å². The van der Waals surface area contributed by atoms with E-state index in [1.54, 1.807) is 0 Å². The van der Waals surface area contributed by atoms with Gasteiger partial charge in [-0.2, -0.15) is 10.2 Å². The Hall–Kier alpha value is -0.466. The van der Waals surface area contributed by atoms with Crippen molar-refractivity contribution in [2.24, 2.45) is 10.2 Å². The number of nitrogens with zero attached hydrogens (tertiary/aromatic N) is 2. The molecule has 0 aliphatic carbocycles. The van der Waals surface area contributed by atoms with Gasteiger partial charge in [-0.1, -0.05) is 54.4 Å². The van der Waals surface area contributed by atoms with Crippen molar-refractivity contribution in [2.45, 2.75) is 19.8 Å². The average molecular weight is 274 g/mol. The second-order valence-electron chi connectivity index (χ2n) is 3.54. The van der Waals surface area contributed by atoms with Crippen LogP contribution in [0.25, 0.3) is 0 Å². The van der Waals surface area contributed by atoms with Crippen LogP contribution < -0.4 is 0 Å². The van der Waals surface area contributed by atoms with E-state index >= 15 is 0 Å². The van der Waals surface area contributed by atoms with E-state index in [0.29, 0.717) is 5.92 Å². The third-order valence-corrected chi connectivity index (χ3v) is 2.38. The minimum Gasteiger partial charge on any atom is -0.332 e. The van der Waals surface area contributed by atoms with Gasteiger partial charge >= 0.3 is 0 Å². The molecule has 0 saturated heterocycles. The summed E-state index contributed by atoms with van der Waals surface area (Å²) in [5.41, 5.74) is 3.33. The van der Waals surface area contributed by atoms with E-state index in [1.165, 1.54) is 5.56 Å². The number of hydrogen-bond donors (Lipinski definition) is 0. The average Bonchev–Trinajstić information content (AvgIpc) is 2.23. The predicted molar refractivity (Wildman–Crippen MR) is 59.7 cm³/mol. The Balaban J connectivity index is 0.00000112. The van der Waals surface area contributed by atoms with E-state index in [9.17, 15) is 0 Å².